The van der Waals surface area contributed by atoms with Gasteiger partial charge >= 0.3 is 12.1 Å². The number of nitrogens with zero attached hydrogens (tertiary/aromatic N) is 3. The Kier molecular flexibility index (Phi) is 7.18. The summed E-state index contributed by atoms with van der Waals surface area (Å²) in [7, 11) is 1.75. The summed E-state index contributed by atoms with van der Waals surface area (Å²) in [5.74, 6) is -0.317. The molecule has 0 fully saturated rings. The first kappa shape index (κ1) is 26.1. The predicted molar refractivity (Wildman–Crippen MR) is 134 cm³/mol. The molecule has 6 nitrogen and oxygen atoms in total. The zero-order valence-electron chi connectivity index (χ0n) is 20.7. The fourth-order valence-corrected chi connectivity index (χ4v) is 4.20. The van der Waals surface area contributed by atoms with E-state index < -0.39 is 23.8 Å². The van der Waals surface area contributed by atoms with Crippen LogP contribution in [0.15, 0.2) is 71.3 Å². The summed E-state index contributed by atoms with van der Waals surface area (Å²) < 4.78 is 46.0. The largest absolute Gasteiger partial charge is 0.480 e. The molecule has 0 aliphatic heterocycles. The second-order valence-corrected chi connectivity index (χ2v) is 8.98. The molecule has 0 saturated heterocycles. The van der Waals surface area contributed by atoms with Crippen LogP contribution in [0.1, 0.15) is 36.6 Å². The van der Waals surface area contributed by atoms with Crippen molar-refractivity contribution in [2.45, 2.75) is 39.0 Å². The number of benzene rings is 3. The van der Waals surface area contributed by atoms with Gasteiger partial charge in [-0.2, -0.15) is 18.2 Å². The minimum Gasteiger partial charge on any atom is -0.480 e. The van der Waals surface area contributed by atoms with Gasteiger partial charge in [0.1, 0.15) is 6.04 Å². The molecule has 1 heterocycles. The maximum atomic E-state index is 13.5. The molecule has 0 saturated carbocycles. The van der Waals surface area contributed by atoms with Crippen LogP contribution >= 0.6 is 0 Å². The van der Waals surface area contributed by atoms with E-state index in [4.69, 9.17) is 4.52 Å². The van der Waals surface area contributed by atoms with Crippen molar-refractivity contribution in [2.24, 2.45) is 0 Å². The molecule has 37 heavy (non-hydrogen) atoms. The van der Waals surface area contributed by atoms with Crippen molar-refractivity contribution in [1.29, 1.82) is 0 Å². The highest BCUT2D eigenvalue weighted by molar-refractivity contribution is 5.74. The number of carboxylic acids is 1. The van der Waals surface area contributed by atoms with Gasteiger partial charge in [0.2, 0.25) is 5.82 Å². The maximum Gasteiger partial charge on any atom is 0.417 e. The van der Waals surface area contributed by atoms with Crippen molar-refractivity contribution in [2.75, 3.05) is 7.05 Å². The SMILES string of the molecule is Cc1cc(-c2nc(-c3cccc(C(C)N(C)C(C)C(=O)O)c3)no2)ccc1-c1ccccc1C(F)(F)F. The first-order valence-electron chi connectivity index (χ1n) is 11.6. The van der Waals surface area contributed by atoms with Gasteiger partial charge in [-0.1, -0.05) is 47.6 Å². The molecule has 3 aromatic carbocycles. The Balaban J connectivity index is 1.62. The van der Waals surface area contributed by atoms with Crippen LogP contribution in [0.5, 0.6) is 0 Å². The van der Waals surface area contributed by atoms with Crippen molar-refractivity contribution < 1.29 is 27.6 Å². The number of alkyl halides is 3. The van der Waals surface area contributed by atoms with Crippen LogP contribution in [-0.4, -0.2) is 39.2 Å². The molecule has 1 N–H and O–H groups in total. The lowest BCUT2D eigenvalue weighted by atomic mass is 9.94. The van der Waals surface area contributed by atoms with E-state index in [1.54, 1.807) is 50.1 Å². The average molecular weight is 510 g/mol. The predicted octanol–water partition coefficient (Wildman–Crippen LogP) is 6.86. The lowest BCUT2D eigenvalue weighted by Crippen LogP contribution is -2.37. The molecular formula is C28H26F3N3O3. The van der Waals surface area contributed by atoms with Gasteiger partial charge in [0.15, 0.2) is 0 Å². The molecule has 0 radical (unpaired) electrons. The normalized spacial score (nSPS) is 13.5. The van der Waals surface area contributed by atoms with Crippen molar-refractivity contribution >= 4 is 5.97 Å². The van der Waals surface area contributed by atoms with E-state index in [1.165, 1.54) is 12.1 Å². The van der Waals surface area contributed by atoms with Crippen LogP contribution in [0.2, 0.25) is 0 Å². The van der Waals surface area contributed by atoms with Gasteiger partial charge in [-0.05, 0) is 74.3 Å². The summed E-state index contributed by atoms with van der Waals surface area (Å²) in [5, 5.41) is 13.4. The second kappa shape index (κ2) is 10.2. The molecule has 0 amide bonds. The fourth-order valence-electron chi connectivity index (χ4n) is 4.20. The zero-order chi connectivity index (χ0) is 26.9. The quantitative estimate of drug-likeness (QED) is 0.293. The third-order valence-corrected chi connectivity index (χ3v) is 6.63. The van der Waals surface area contributed by atoms with Crippen LogP contribution in [-0.2, 0) is 11.0 Å². The summed E-state index contributed by atoms with van der Waals surface area (Å²) in [5.41, 5.74) is 2.70. The minimum absolute atomic E-state index is 0.110. The third-order valence-electron chi connectivity index (χ3n) is 6.63. The monoisotopic (exact) mass is 509 g/mol. The molecule has 4 aromatic rings. The van der Waals surface area contributed by atoms with Gasteiger partial charge < -0.3 is 9.63 Å². The summed E-state index contributed by atoms with van der Waals surface area (Å²) in [6.07, 6.45) is -4.46. The van der Waals surface area contributed by atoms with Crippen molar-refractivity contribution in [3.8, 4) is 34.0 Å². The van der Waals surface area contributed by atoms with E-state index in [9.17, 15) is 23.1 Å². The number of likely N-dealkylation sites (N-methyl/N-ethyl adjacent to an activating group) is 1. The number of rotatable bonds is 7. The first-order chi connectivity index (χ1) is 17.5. The maximum absolute atomic E-state index is 13.5. The van der Waals surface area contributed by atoms with Crippen molar-refractivity contribution in [3.05, 3.63) is 83.4 Å². The Morgan fingerprint density at radius 2 is 1.70 bits per heavy atom. The summed E-state index contributed by atoms with van der Waals surface area (Å²) in [4.78, 5) is 17.6. The average Bonchev–Trinajstić information content (AvgIpc) is 3.37. The van der Waals surface area contributed by atoms with Gasteiger partial charge in [0.05, 0.1) is 5.56 Å². The molecular weight excluding hydrogens is 483 g/mol. The Labute approximate surface area is 212 Å². The highest BCUT2D eigenvalue weighted by Crippen LogP contribution is 2.39. The van der Waals surface area contributed by atoms with Gasteiger partial charge in [0.25, 0.3) is 5.89 Å². The first-order valence-corrected chi connectivity index (χ1v) is 11.6. The number of hydrogen-bond donors (Lipinski definition) is 1. The van der Waals surface area contributed by atoms with Crippen LogP contribution < -0.4 is 0 Å². The Hall–Kier alpha value is -3.98. The lowest BCUT2D eigenvalue weighted by molar-refractivity contribution is -0.143. The molecule has 0 aliphatic rings. The second-order valence-electron chi connectivity index (χ2n) is 8.98. The molecule has 4 rings (SSSR count). The fraction of sp³-hybridized carbons (Fsp3) is 0.250. The number of aliphatic carboxylic acids is 1. The Morgan fingerprint density at radius 1 is 0.973 bits per heavy atom. The zero-order valence-corrected chi connectivity index (χ0v) is 20.7. The van der Waals surface area contributed by atoms with E-state index >= 15 is 0 Å². The van der Waals surface area contributed by atoms with E-state index in [0.29, 0.717) is 28.1 Å². The Bertz CT molecular complexity index is 1430. The number of carboxylic acid groups (broad SMARTS) is 1. The van der Waals surface area contributed by atoms with Gasteiger partial charge in [-0.25, -0.2) is 0 Å². The summed E-state index contributed by atoms with van der Waals surface area (Å²) in [6.45, 7) is 5.29. The van der Waals surface area contributed by atoms with Gasteiger partial charge in [-0.15, -0.1) is 0 Å². The summed E-state index contributed by atoms with van der Waals surface area (Å²) in [6, 6.07) is 17.1. The molecule has 1 aromatic heterocycles. The molecule has 0 spiro atoms. The number of aromatic nitrogens is 2. The highest BCUT2D eigenvalue weighted by Gasteiger charge is 2.33. The van der Waals surface area contributed by atoms with E-state index in [-0.39, 0.29) is 17.5 Å². The van der Waals surface area contributed by atoms with E-state index in [2.05, 4.69) is 10.1 Å². The number of aryl methyl sites for hydroxylation is 1. The van der Waals surface area contributed by atoms with Crippen LogP contribution in [0.3, 0.4) is 0 Å². The molecule has 2 unspecified atom stereocenters. The number of carbonyl (C=O) groups is 1. The molecule has 2 atom stereocenters. The molecule has 0 aliphatic carbocycles. The minimum atomic E-state index is -4.46. The lowest BCUT2D eigenvalue weighted by Gasteiger charge is -2.28. The van der Waals surface area contributed by atoms with Gasteiger partial charge in [0, 0.05) is 17.2 Å². The van der Waals surface area contributed by atoms with Gasteiger partial charge in [-0.3, -0.25) is 9.69 Å². The molecule has 9 heteroatoms. The van der Waals surface area contributed by atoms with Crippen LogP contribution in [0.25, 0.3) is 34.0 Å². The van der Waals surface area contributed by atoms with Crippen molar-refractivity contribution in [1.82, 2.24) is 15.0 Å². The highest BCUT2D eigenvalue weighted by atomic mass is 19.4. The molecule has 192 valence electrons. The number of halogens is 3. The van der Waals surface area contributed by atoms with E-state index in [0.717, 1.165) is 11.6 Å². The Morgan fingerprint density at radius 3 is 2.38 bits per heavy atom. The van der Waals surface area contributed by atoms with Crippen molar-refractivity contribution in [3.63, 3.8) is 0 Å². The smallest absolute Gasteiger partial charge is 0.417 e. The topological polar surface area (TPSA) is 79.5 Å². The summed E-state index contributed by atoms with van der Waals surface area (Å²) >= 11 is 0. The van der Waals surface area contributed by atoms with E-state index in [1.807, 2.05) is 31.2 Å². The third kappa shape index (κ3) is 5.41. The number of hydrogen-bond acceptors (Lipinski definition) is 5. The molecule has 0 bridgehead atoms. The van der Waals surface area contributed by atoms with Crippen LogP contribution in [0, 0.1) is 6.92 Å². The standard InChI is InChI=1S/C28H26F3N3O3/c1-16-14-21(12-13-22(16)23-10-5-6-11-24(23)28(29,30)31)26-32-25(33-37-26)20-9-7-8-19(15-20)17(2)34(4)18(3)27(35)36/h5-15,17-18H,1-4H3,(H,35,36). The van der Waals surface area contributed by atoms with Crippen LogP contribution in [0.4, 0.5) is 13.2 Å².